The van der Waals surface area contributed by atoms with Crippen LogP contribution in [0.5, 0.6) is 0 Å². The van der Waals surface area contributed by atoms with Crippen molar-refractivity contribution < 1.29 is 0 Å². The van der Waals surface area contributed by atoms with E-state index >= 15 is 0 Å². The van der Waals surface area contributed by atoms with Crippen molar-refractivity contribution in [3.8, 4) is 12.3 Å². The number of benzene rings is 1. The molecule has 0 saturated heterocycles. The van der Waals surface area contributed by atoms with E-state index in [2.05, 4.69) is 30.1 Å². The van der Waals surface area contributed by atoms with E-state index in [-0.39, 0.29) is 30.0 Å². The molecule has 0 aromatic heterocycles. The topological polar surface area (TPSA) is 50.4 Å². The van der Waals surface area contributed by atoms with Gasteiger partial charge in [0.25, 0.3) is 0 Å². The highest BCUT2D eigenvalue weighted by Crippen LogP contribution is 2.13. The van der Waals surface area contributed by atoms with E-state index in [9.17, 15) is 0 Å². The summed E-state index contributed by atoms with van der Waals surface area (Å²) < 4.78 is 0. The van der Waals surface area contributed by atoms with E-state index in [1.165, 1.54) is 11.1 Å². The van der Waals surface area contributed by atoms with E-state index < -0.39 is 0 Å². The molecule has 3 nitrogen and oxygen atoms in total. The minimum absolute atomic E-state index is 0. The Labute approximate surface area is 126 Å². The summed E-state index contributed by atoms with van der Waals surface area (Å²) in [5, 5.41) is 3.04. The predicted octanol–water partition coefficient (Wildman–Crippen LogP) is 3.06. The molecule has 0 saturated carbocycles. The third kappa shape index (κ3) is 4.96. The van der Waals surface area contributed by atoms with Crippen molar-refractivity contribution >= 4 is 35.6 Å². The van der Waals surface area contributed by atoms with Crippen LogP contribution >= 0.6 is 24.0 Å². The lowest BCUT2D eigenvalue weighted by Gasteiger charge is -2.09. The molecule has 0 spiro atoms. The highest BCUT2D eigenvalue weighted by atomic mass is 127. The monoisotopic (exact) mass is 357 g/mol. The van der Waals surface area contributed by atoms with Crippen molar-refractivity contribution in [3.05, 3.63) is 29.3 Å². The first-order valence-corrected chi connectivity index (χ1v) is 5.70. The van der Waals surface area contributed by atoms with Crippen LogP contribution in [0, 0.1) is 26.2 Å². The van der Waals surface area contributed by atoms with Crippen LogP contribution in [0.4, 0.5) is 5.69 Å². The Balaban J connectivity index is 0.00000289. The Morgan fingerprint density at radius 2 is 2.11 bits per heavy atom. The van der Waals surface area contributed by atoms with Gasteiger partial charge in [-0.15, -0.1) is 30.4 Å². The largest absolute Gasteiger partial charge is 0.370 e. The summed E-state index contributed by atoms with van der Waals surface area (Å²) >= 11 is 0. The molecule has 0 radical (unpaired) electrons. The molecule has 0 aliphatic heterocycles. The fourth-order valence-electron chi connectivity index (χ4n) is 1.41. The highest BCUT2D eigenvalue weighted by molar-refractivity contribution is 14.0. The summed E-state index contributed by atoms with van der Waals surface area (Å²) in [4.78, 5) is 4.21. The normalized spacial score (nSPS) is 12.2. The lowest BCUT2D eigenvalue weighted by Crippen LogP contribution is -2.24. The second-order valence-corrected chi connectivity index (χ2v) is 4.03. The minimum atomic E-state index is -0.158. The second kappa shape index (κ2) is 7.98. The highest BCUT2D eigenvalue weighted by Gasteiger charge is 2.01. The number of terminal acetylenes is 1. The first kappa shape index (κ1) is 16.8. The summed E-state index contributed by atoms with van der Waals surface area (Å²) in [6.45, 7) is 6.11. The van der Waals surface area contributed by atoms with Crippen molar-refractivity contribution in [2.75, 3.05) is 5.32 Å². The van der Waals surface area contributed by atoms with Crippen LogP contribution in [-0.2, 0) is 0 Å². The Morgan fingerprint density at radius 1 is 1.44 bits per heavy atom. The van der Waals surface area contributed by atoms with Gasteiger partial charge in [0.15, 0.2) is 5.96 Å². The average Bonchev–Trinajstić information content (AvgIpc) is 2.31. The molecule has 0 heterocycles. The third-order valence-corrected chi connectivity index (χ3v) is 2.65. The summed E-state index contributed by atoms with van der Waals surface area (Å²) in [7, 11) is 0. The fraction of sp³-hybridized carbons (Fsp3) is 0.357. The van der Waals surface area contributed by atoms with Gasteiger partial charge in [0.1, 0.15) is 6.04 Å². The van der Waals surface area contributed by atoms with Crippen molar-refractivity contribution in [1.29, 1.82) is 0 Å². The Morgan fingerprint density at radius 3 is 2.61 bits per heavy atom. The molecule has 0 amide bonds. The Hall–Kier alpha value is -1.22. The molecule has 3 N–H and O–H groups in total. The molecular formula is C14H20IN3. The second-order valence-electron chi connectivity index (χ2n) is 4.03. The molecule has 98 valence electrons. The van der Waals surface area contributed by atoms with Gasteiger partial charge < -0.3 is 11.1 Å². The predicted molar refractivity (Wildman–Crippen MR) is 89.5 cm³/mol. The van der Waals surface area contributed by atoms with E-state index in [0.717, 1.165) is 12.1 Å². The molecule has 4 heteroatoms. The van der Waals surface area contributed by atoms with Crippen LogP contribution in [0.25, 0.3) is 0 Å². The van der Waals surface area contributed by atoms with Gasteiger partial charge >= 0.3 is 0 Å². The molecule has 1 rings (SSSR count). The summed E-state index contributed by atoms with van der Waals surface area (Å²) in [5.41, 5.74) is 9.19. The molecule has 1 aromatic rings. The molecular weight excluding hydrogens is 337 g/mol. The van der Waals surface area contributed by atoms with E-state index in [0.29, 0.717) is 5.96 Å². The SMILES string of the molecule is C#CC(CC)N=C(N)Nc1ccc(C)c(C)c1.I. The minimum Gasteiger partial charge on any atom is -0.370 e. The molecule has 1 atom stereocenters. The molecule has 1 unspecified atom stereocenters. The molecule has 0 aliphatic carbocycles. The number of aryl methyl sites for hydroxylation is 2. The number of nitrogens with two attached hydrogens (primary N) is 1. The van der Waals surface area contributed by atoms with Crippen molar-refractivity contribution in [3.63, 3.8) is 0 Å². The van der Waals surface area contributed by atoms with Crippen molar-refractivity contribution in [1.82, 2.24) is 0 Å². The zero-order valence-electron chi connectivity index (χ0n) is 11.0. The van der Waals surface area contributed by atoms with Crippen molar-refractivity contribution in [2.45, 2.75) is 33.2 Å². The summed E-state index contributed by atoms with van der Waals surface area (Å²) in [5.74, 6) is 2.94. The molecule has 0 bridgehead atoms. The van der Waals surface area contributed by atoms with E-state index in [4.69, 9.17) is 12.2 Å². The van der Waals surface area contributed by atoms with E-state index in [1.54, 1.807) is 0 Å². The van der Waals surface area contributed by atoms with Gasteiger partial charge in [-0.25, -0.2) is 4.99 Å². The van der Waals surface area contributed by atoms with Gasteiger partial charge in [0, 0.05) is 5.69 Å². The zero-order valence-corrected chi connectivity index (χ0v) is 13.4. The average molecular weight is 357 g/mol. The number of hydrogen-bond donors (Lipinski definition) is 2. The maximum atomic E-state index is 5.79. The lowest BCUT2D eigenvalue weighted by molar-refractivity contribution is 0.806. The quantitative estimate of drug-likeness (QED) is 0.378. The van der Waals surface area contributed by atoms with Gasteiger partial charge in [-0.3, -0.25) is 0 Å². The van der Waals surface area contributed by atoms with Crippen LogP contribution in [0.15, 0.2) is 23.2 Å². The maximum absolute atomic E-state index is 5.79. The Bertz CT molecular complexity index is 461. The standard InChI is InChI=1S/C14H19N3.HI/c1-5-12(6-2)16-14(15)17-13-8-7-10(3)11(4)9-13;/h1,7-9,12H,6H2,2-4H3,(H3,15,16,17);1H. The number of nitrogens with zero attached hydrogens (tertiary/aromatic N) is 1. The lowest BCUT2D eigenvalue weighted by atomic mass is 10.1. The van der Waals surface area contributed by atoms with Crippen LogP contribution in [0.1, 0.15) is 24.5 Å². The first-order valence-electron chi connectivity index (χ1n) is 5.70. The fourth-order valence-corrected chi connectivity index (χ4v) is 1.41. The van der Waals surface area contributed by atoms with Gasteiger partial charge in [-0.2, -0.15) is 0 Å². The van der Waals surface area contributed by atoms with Crippen LogP contribution in [0.3, 0.4) is 0 Å². The smallest absolute Gasteiger partial charge is 0.194 e. The number of hydrogen-bond acceptors (Lipinski definition) is 1. The summed E-state index contributed by atoms with van der Waals surface area (Å²) in [6.07, 6.45) is 6.11. The number of nitrogens with one attached hydrogen (secondary N) is 1. The number of rotatable bonds is 3. The number of aliphatic imine (C=N–C) groups is 1. The molecule has 0 aliphatic rings. The first-order chi connectivity index (χ1) is 8.06. The maximum Gasteiger partial charge on any atom is 0.194 e. The van der Waals surface area contributed by atoms with E-state index in [1.807, 2.05) is 25.1 Å². The van der Waals surface area contributed by atoms with Gasteiger partial charge in [-0.1, -0.05) is 18.9 Å². The number of guanidine groups is 1. The van der Waals surface area contributed by atoms with Gasteiger partial charge in [0.05, 0.1) is 0 Å². The van der Waals surface area contributed by atoms with Crippen molar-refractivity contribution in [2.24, 2.45) is 10.7 Å². The molecule has 18 heavy (non-hydrogen) atoms. The summed E-state index contributed by atoms with van der Waals surface area (Å²) in [6, 6.07) is 5.90. The third-order valence-electron chi connectivity index (χ3n) is 2.65. The zero-order chi connectivity index (χ0) is 12.8. The molecule has 0 fully saturated rings. The number of halogens is 1. The van der Waals surface area contributed by atoms with Crippen LogP contribution < -0.4 is 11.1 Å². The van der Waals surface area contributed by atoms with Gasteiger partial charge in [-0.05, 0) is 43.5 Å². The van der Waals surface area contributed by atoms with Gasteiger partial charge in [0.2, 0.25) is 0 Å². The Kier molecular flexibility index (Phi) is 7.44. The molecule has 1 aromatic carbocycles. The van der Waals surface area contributed by atoms with Crippen LogP contribution in [-0.4, -0.2) is 12.0 Å². The van der Waals surface area contributed by atoms with Crippen LogP contribution in [0.2, 0.25) is 0 Å². The number of anilines is 1.